The van der Waals surface area contributed by atoms with Crippen LogP contribution in [0.5, 0.6) is 5.75 Å². The number of ether oxygens (including phenoxy) is 1. The molecular weight excluding hydrogens is 300 g/mol. The smallest absolute Gasteiger partial charge is 0.220 e. The molecule has 1 aromatic rings. The van der Waals surface area contributed by atoms with Gasteiger partial charge in [-0.2, -0.15) is 0 Å². The molecule has 1 amide bonds. The fourth-order valence-corrected chi connectivity index (χ4v) is 2.64. The molecule has 0 fully saturated rings. The van der Waals surface area contributed by atoms with Gasteiger partial charge in [0.2, 0.25) is 5.91 Å². The van der Waals surface area contributed by atoms with Gasteiger partial charge in [-0.05, 0) is 43.5 Å². The van der Waals surface area contributed by atoms with Crippen LogP contribution in [0.2, 0.25) is 0 Å². The number of amides is 1. The van der Waals surface area contributed by atoms with E-state index >= 15 is 0 Å². The van der Waals surface area contributed by atoms with Crippen molar-refractivity contribution in [3.05, 3.63) is 29.8 Å². The van der Waals surface area contributed by atoms with Gasteiger partial charge in [0.05, 0.1) is 6.61 Å². The molecule has 2 N–H and O–H groups in total. The van der Waals surface area contributed by atoms with E-state index in [0.29, 0.717) is 18.9 Å². The summed E-state index contributed by atoms with van der Waals surface area (Å²) in [7, 11) is 1.92. The number of hydrogen-bond donors (Lipinski definition) is 2. The van der Waals surface area contributed by atoms with Gasteiger partial charge < -0.3 is 15.4 Å². The highest BCUT2D eigenvalue weighted by Gasteiger charge is 2.11. The minimum atomic E-state index is 0.114. The summed E-state index contributed by atoms with van der Waals surface area (Å²) in [5, 5.41) is 6.26. The lowest BCUT2D eigenvalue weighted by Gasteiger charge is -2.18. The highest BCUT2D eigenvalue weighted by molar-refractivity contribution is 5.75. The molecule has 1 unspecified atom stereocenters. The molecule has 2 atom stereocenters. The van der Waals surface area contributed by atoms with Crippen molar-refractivity contribution in [2.45, 2.75) is 58.9 Å². The molecule has 4 nitrogen and oxygen atoms in total. The normalized spacial score (nSPS) is 13.3. The second-order valence-corrected chi connectivity index (χ2v) is 6.52. The molecule has 0 heterocycles. The lowest BCUT2D eigenvalue weighted by Crippen LogP contribution is -2.33. The van der Waals surface area contributed by atoms with Crippen molar-refractivity contribution < 1.29 is 9.53 Å². The second-order valence-electron chi connectivity index (χ2n) is 6.52. The predicted molar refractivity (Wildman–Crippen MR) is 100 cm³/mol. The van der Waals surface area contributed by atoms with Crippen molar-refractivity contribution in [1.82, 2.24) is 10.6 Å². The van der Waals surface area contributed by atoms with Crippen molar-refractivity contribution in [3.63, 3.8) is 0 Å². The summed E-state index contributed by atoms with van der Waals surface area (Å²) in [5.41, 5.74) is 1.15. The zero-order valence-corrected chi connectivity index (χ0v) is 15.7. The molecule has 0 saturated heterocycles. The van der Waals surface area contributed by atoms with Crippen LogP contribution in [0.3, 0.4) is 0 Å². The topological polar surface area (TPSA) is 50.4 Å². The first-order chi connectivity index (χ1) is 11.6. The maximum Gasteiger partial charge on any atom is 0.220 e. The van der Waals surface area contributed by atoms with Gasteiger partial charge in [-0.15, -0.1) is 0 Å². The Hall–Kier alpha value is -1.55. The Labute approximate surface area is 147 Å². The van der Waals surface area contributed by atoms with Crippen LogP contribution in [0.25, 0.3) is 0 Å². The van der Waals surface area contributed by atoms with Gasteiger partial charge in [0.15, 0.2) is 0 Å². The molecule has 1 rings (SSSR count). The van der Waals surface area contributed by atoms with E-state index < -0.39 is 0 Å². The molecule has 0 aliphatic rings. The van der Waals surface area contributed by atoms with Gasteiger partial charge in [-0.25, -0.2) is 0 Å². The van der Waals surface area contributed by atoms with Gasteiger partial charge in [0, 0.05) is 19.0 Å². The Morgan fingerprint density at radius 3 is 2.46 bits per heavy atom. The quantitative estimate of drug-likeness (QED) is 0.606. The zero-order valence-electron chi connectivity index (χ0n) is 15.7. The number of carbonyl (C=O) groups is 1. The molecule has 136 valence electrons. The molecule has 1 aromatic carbocycles. The zero-order chi connectivity index (χ0) is 17.8. The van der Waals surface area contributed by atoms with Crippen molar-refractivity contribution >= 4 is 5.91 Å². The Morgan fingerprint density at radius 1 is 1.17 bits per heavy atom. The van der Waals surface area contributed by atoms with E-state index in [1.807, 2.05) is 19.2 Å². The molecular formula is C20H34N2O2. The number of rotatable bonds is 12. The summed E-state index contributed by atoms with van der Waals surface area (Å²) in [4.78, 5) is 11.8. The van der Waals surface area contributed by atoms with E-state index in [4.69, 9.17) is 4.74 Å². The SMILES string of the molecule is CCCCC(=O)NC[C@H](NC)c1ccc(OCC(C)CCC)cc1. The minimum absolute atomic E-state index is 0.114. The molecule has 0 spiro atoms. The molecule has 0 aliphatic heterocycles. The summed E-state index contributed by atoms with van der Waals surface area (Å²) in [6.45, 7) is 7.87. The lowest BCUT2D eigenvalue weighted by atomic mass is 10.1. The summed E-state index contributed by atoms with van der Waals surface area (Å²) >= 11 is 0. The van der Waals surface area contributed by atoms with Crippen LogP contribution in [-0.2, 0) is 4.79 Å². The number of carbonyl (C=O) groups excluding carboxylic acids is 1. The van der Waals surface area contributed by atoms with Crippen LogP contribution in [-0.4, -0.2) is 26.1 Å². The first-order valence-electron chi connectivity index (χ1n) is 9.27. The first kappa shape index (κ1) is 20.5. The van der Waals surface area contributed by atoms with Gasteiger partial charge in [-0.3, -0.25) is 4.79 Å². The van der Waals surface area contributed by atoms with E-state index in [-0.39, 0.29) is 11.9 Å². The van der Waals surface area contributed by atoms with Crippen LogP contribution < -0.4 is 15.4 Å². The van der Waals surface area contributed by atoms with Crippen molar-refractivity contribution in [2.24, 2.45) is 5.92 Å². The molecule has 0 aliphatic carbocycles. The Kier molecular flexibility index (Phi) is 10.2. The predicted octanol–water partition coefficient (Wildman–Crippen LogP) is 4.07. The average molecular weight is 335 g/mol. The standard InChI is InChI=1S/C20H34N2O2/c1-5-7-9-20(23)22-14-19(21-4)17-10-12-18(13-11-17)24-15-16(3)8-6-2/h10-13,16,19,21H,5-9,14-15H2,1-4H3,(H,22,23)/t16?,19-/m0/s1. The van der Waals surface area contributed by atoms with E-state index in [9.17, 15) is 4.79 Å². The molecule has 0 bridgehead atoms. The number of nitrogens with one attached hydrogen (secondary N) is 2. The van der Waals surface area contributed by atoms with Gasteiger partial charge in [-0.1, -0.05) is 45.7 Å². The second kappa shape index (κ2) is 11.9. The van der Waals surface area contributed by atoms with Crippen molar-refractivity contribution in [3.8, 4) is 5.75 Å². The summed E-state index contributed by atoms with van der Waals surface area (Å²) < 4.78 is 5.84. The largest absolute Gasteiger partial charge is 0.493 e. The molecule has 0 saturated carbocycles. The number of unbranched alkanes of at least 4 members (excludes halogenated alkanes) is 1. The lowest BCUT2D eigenvalue weighted by molar-refractivity contribution is -0.121. The maximum absolute atomic E-state index is 11.8. The molecule has 0 radical (unpaired) electrons. The molecule has 24 heavy (non-hydrogen) atoms. The average Bonchev–Trinajstić information content (AvgIpc) is 2.60. The van der Waals surface area contributed by atoms with E-state index in [1.165, 1.54) is 12.8 Å². The summed E-state index contributed by atoms with van der Waals surface area (Å²) in [6.07, 6.45) is 4.98. The Morgan fingerprint density at radius 2 is 1.88 bits per heavy atom. The van der Waals surface area contributed by atoms with Gasteiger partial charge >= 0.3 is 0 Å². The minimum Gasteiger partial charge on any atom is -0.493 e. The van der Waals surface area contributed by atoms with E-state index in [1.54, 1.807) is 0 Å². The monoisotopic (exact) mass is 334 g/mol. The first-order valence-corrected chi connectivity index (χ1v) is 9.27. The van der Waals surface area contributed by atoms with Crippen LogP contribution >= 0.6 is 0 Å². The summed E-state index contributed by atoms with van der Waals surface area (Å²) in [6, 6.07) is 8.27. The summed E-state index contributed by atoms with van der Waals surface area (Å²) in [5.74, 6) is 1.61. The van der Waals surface area contributed by atoms with Crippen LogP contribution in [0.15, 0.2) is 24.3 Å². The van der Waals surface area contributed by atoms with E-state index in [2.05, 4.69) is 43.5 Å². The Balaban J connectivity index is 2.48. The third kappa shape index (κ3) is 7.82. The highest BCUT2D eigenvalue weighted by atomic mass is 16.5. The van der Waals surface area contributed by atoms with Gasteiger partial charge in [0.25, 0.3) is 0 Å². The fourth-order valence-electron chi connectivity index (χ4n) is 2.64. The third-order valence-corrected chi connectivity index (χ3v) is 4.21. The van der Waals surface area contributed by atoms with E-state index in [0.717, 1.165) is 30.8 Å². The van der Waals surface area contributed by atoms with Crippen LogP contribution in [0.4, 0.5) is 0 Å². The maximum atomic E-state index is 11.8. The Bertz CT molecular complexity index is 459. The number of hydrogen-bond acceptors (Lipinski definition) is 3. The van der Waals surface area contributed by atoms with Crippen LogP contribution in [0.1, 0.15) is 64.5 Å². The third-order valence-electron chi connectivity index (χ3n) is 4.21. The number of benzene rings is 1. The molecule has 0 aromatic heterocycles. The van der Waals surface area contributed by atoms with Crippen molar-refractivity contribution in [2.75, 3.05) is 20.2 Å². The van der Waals surface area contributed by atoms with Crippen LogP contribution in [0, 0.1) is 5.92 Å². The number of likely N-dealkylation sites (N-methyl/N-ethyl adjacent to an activating group) is 1. The highest BCUT2D eigenvalue weighted by Crippen LogP contribution is 2.18. The molecule has 4 heteroatoms. The fraction of sp³-hybridized carbons (Fsp3) is 0.650. The van der Waals surface area contributed by atoms with Gasteiger partial charge in [0.1, 0.15) is 5.75 Å². The van der Waals surface area contributed by atoms with Crippen molar-refractivity contribution in [1.29, 1.82) is 0 Å².